The highest BCUT2D eigenvalue weighted by atomic mass is 16.5. The molecule has 0 unspecified atom stereocenters. The summed E-state index contributed by atoms with van der Waals surface area (Å²) in [4.78, 5) is 63.0. The molecule has 6 N–H and O–H groups in total. The summed E-state index contributed by atoms with van der Waals surface area (Å²) in [6.07, 6.45) is 2.17. The van der Waals surface area contributed by atoms with Gasteiger partial charge in [0, 0.05) is 50.4 Å². The third-order valence-electron chi connectivity index (χ3n) is 19.5. The zero-order valence-electron chi connectivity index (χ0n) is 63.2. The molecular formula is C89H106N12O4. The molecule has 3 heterocycles. The van der Waals surface area contributed by atoms with Gasteiger partial charge >= 0.3 is 0 Å². The van der Waals surface area contributed by atoms with Crippen molar-refractivity contribution in [2.75, 3.05) is 46.4 Å². The van der Waals surface area contributed by atoms with Gasteiger partial charge in [0.1, 0.15) is 23.2 Å². The molecule has 0 radical (unpaired) electrons. The minimum absolute atomic E-state index is 0.0211. The molecule has 3 amide bonds. The van der Waals surface area contributed by atoms with Gasteiger partial charge in [-0.25, -0.2) is 15.0 Å². The number of rotatable bonds is 28. The van der Waals surface area contributed by atoms with Gasteiger partial charge < -0.3 is 50.3 Å². The van der Waals surface area contributed by atoms with Crippen molar-refractivity contribution >= 4 is 50.8 Å². The third kappa shape index (κ3) is 18.7. The number of nitrogens with two attached hydrogens (primary N) is 3. The first kappa shape index (κ1) is 77.1. The van der Waals surface area contributed by atoms with Crippen molar-refractivity contribution in [3.63, 3.8) is 0 Å². The Kier molecular flexibility index (Phi) is 27.0. The maximum absolute atomic E-state index is 14.0. The maximum Gasteiger partial charge on any atom is 0.258 e. The van der Waals surface area contributed by atoms with E-state index in [0.29, 0.717) is 87.8 Å². The smallest absolute Gasteiger partial charge is 0.258 e. The molecule has 0 saturated carbocycles. The van der Waals surface area contributed by atoms with E-state index in [1.165, 1.54) is 27.8 Å². The van der Waals surface area contributed by atoms with Crippen molar-refractivity contribution in [2.24, 2.45) is 35.0 Å². The summed E-state index contributed by atoms with van der Waals surface area (Å²) in [5.74, 6) is 3.70. The van der Waals surface area contributed by atoms with Crippen LogP contribution < -0.4 is 21.9 Å². The number of nitrogens with zero attached hydrogens (tertiary/aromatic N) is 9. The van der Waals surface area contributed by atoms with Crippen LogP contribution in [0.3, 0.4) is 0 Å². The molecule has 0 aliphatic rings. The Labute approximate surface area is 620 Å². The van der Waals surface area contributed by atoms with Crippen LogP contribution in [-0.4, -0.2) is 107 Å². The molecule has 16 heteroatoms. The van der Waals surface area contributed by atoms with Gasteiger partial charge in [-0.2, -0.15) is 0 Å². The number of amides is 3. The normalized spacial score (nSPS) is 12.2. The monoisotopic (exact) mass is 1410 g/mol. The standard InChI is InChI=1S/C31H38N4O.C29H34N4O2.C29H34N4O/c1-21(2)29(34(17-9-16-32)31(36)26-14-12-22(3)13-15-26)30-33-27-18-23(4)24(5)19-28(27)35(30)20-25-10-7-6-8-11-25;1-21(2)27(32(19-11-18-30)29(34)23-14-7-10-17-26(23)35-3)28-31-24-15-8-9-16-25(24)33(28)20-22-12-5-4-6-13-22;1-21(2)27(32(18-10-17-30)29(34)24-14-9-11-22(3)19-24)28-31-25-15-7-8-16-26(25)33(28)20-23-12-5-4-6-13-23/h6-8,10-15,18-19,21,29H,9,16-17,20,32H2,1-5H3;4-10,12-17,21,27H,11,18-20,30H2,1-3H3;4-9,11-16,19,21,27H,10,17-18,20,30H2,1-3H3/t29-;2*27-/m111/s1. The molecule has 0 aliphatic carbocycles. The SMILES string of the molecule is COc1ccccc1C(=O)N(CCCN)[C@@H](c1nc2ccccc2n1Cc1ccccc1)C(C)C.Cc1ccc(C(=O)N(CCCN)[C@@H](c2nc3cc(C)c(C)cc3n2Cc2ccccc2)C(C)C)cc1.Cc1cccc(C(=O)N(CCCN)[C@@H](c2nc3ccccc3n2Cc2ccccc2)C(C)C)c1. The van der Waals surface area contributed by atoms with Crippen LogP contribution in [0, 0.1) is 45.4 Å². The Bertz CT molecular complexity index is 4790. The highest BCUT2D eigenvalue weighted by Gasteiger charge is 2.37. The number of benzene rings is 9. The molecule has 9 aromatic carbocycles. The minimum Gasteiger partial charge on any atom is -0.496 e. The van der Waals surface area contributed by atoms with Crippen molar-refractivity contribution < 1.29 is 19.1 Å². The molecular weight excluding hydrogens is 1300 g/mol. The van der Waals surface area contributed by atoms with Crippen LogP contribution in [0.1, 0.15) is 166 Å². The lowest BCUT2D eigenvalue weighted by Crippen LogP contribution is -2.40. The molecule has 0 spiro atoms. The van der Waals surface area contributed by atoms with Crippen molar-refractivity contribution in [1.82, 2.24) is 43.4 Å². The molecule has 0 bridgehead atoms. The third-order valence-corrected chi connectivity index (χ3v) is 19.5. The predicted octanol–water partition coefficient (Wildman–Crippen LogP) is 17.1. The van der Waals surface area contributed by atoms with E-state index in [2.05, 4.69) is 154 Å². The van der Waals surface area contributed by atoms with Gasteiger partial charge in [-0.05, 0) is 185 Å². The number of carbonyl (C=O) groups is 3. The predicted molar refractivity (Wildman–Crippen MR) is 428 cm³/mol. The first-order chi connectivity index (χ1) is 50.8. The molecule has 12 aromatic rings. The lowest BCUT2D eigenvalue weighted by atomic mass is 9.99. The number of methoxy groups -OCH3 is 1. The maximum atomic E-state index is 14.0. The molecule has 12 rings (SSSR count). The number of imidazole rings is 3. The molecule has 546 valence electrons. The van der Waals surface area contributed by atoms with Gasteiger partial charge in [-0.15, -0.1) is 0 Å². The van der Waals surface area contributed by atoms with Crippen LogP contribution in [-0.2, 0) is 19.6 Å². The van der Waals surface area contributed by atoms with E-state index in [-0.39, 0.29) is 53.6 Å². The van der Waals surface area contributed by atoms with E-state index in [9.17, 15) is 14.4 Å². The van der Waals surface area contributed by atoms with Crippen LogP contribution in [0.25, 0.3) is 33.1 Å². The van der Waals surface area contributed by atoms with Crippen LogP contribution >= 0.6 is 0 Å². The first-order valence-corrected chi connectivity index (χ1v) is 37.1. The summed E-state index contributed by atoms with van der Waals surface area (Å²) < 4.78 is 12.4. The number of aryl methyl sites for hydroxylation is 4. The van der Waals surface area contributed by atoms with E-state index >= 15 is 0 Å². The molecule has 0 aliphatic heterocycles. The highest BCUT2D eigenvalue weighted by Crippen LogP contribution is 2.38. The lowest BCUT2D eigenvalue weighted by Gasteiger charge is -2.35. The topological polar surface area (TPSA) is 202 Å². The highest BCUT2D eigenvalue weighted by molar-refractivity contribution is 5.98. The Morgan fingerprint density at radius 3 is 1.19 bits per heavy atom. The van der Waals surface area contributed by atoms with Gasteiger partial charge in [0.15, 0.2) is 0 Å². The number of carbonyl (C=O) groups excluding carboxylic acids is 3. The van der Waals surface area contributed by atoms with Crippen molar-refractivity contribution in [3.05, 3.63) is 298 Å². The molecule has 0 fully saturated rings. The average Bonchev–Trinajstić information content (AvgIpc) is 1.65. The summed E-state index contributed by atoms with van der Waals surface area (Å²) >= 11 is 0. The van der Waals surface area contributed by atoms with Gasteiger partial charge in [0.05, 0.1) is 63.9 Å². The van der Waals surface area contributed by atoms with E-state index in [0.717, 1.165) is 74.5 Å². The molecule has 16 nitrogen and oxygen atoms in total. The Morgan fingerprint density at radius 2 is 0.762 bits per heavy atom. The Hall–Kier alpha value is -10.5. The fraction of sp³-hybridized carbons (Fsp3) is 0.326. The number of fused-ring (bicyclic) bond motifs is 3. The number of aromatic nitrogens is 6. The van der Waals surface area contributed by atoms with Crippen molar-refractivity contribution in [1.29, 1.82) is 0 Å². The number of hydrogen-bond acceptors (Lipinski definition) is 10. The second kappa shape index (κ2) is 36.8. The zero-order chi connectivity index (χ0) is 74.7. The van der Waals surface area contributed by atoms with Crippen LogP contribution in [0.2, 0.25) is 0 Å². The summed E-state index contributed by atoms with van der Waals surface area (Å²) in [7, 11) is 1.59. The van der Waals surface area contributed by atoms with Crippen molar-refractivity contribution in [2.45, 2.75) is 126 Å². The van der Waals surface area contributed by atoms with E-state index in [1.54, 1.807) is 7.11 Å². The summed E-state index contributed by atoms with van der Waals surface area (Å²) in [6, 6.07) is 74.4. The average molecular weight is 1410 g/mol. The lowest BCUT2D eigenvalue weighted by molar-refractivity contribution is 0.0596. The Balaban J connectivity index is 0.000000169. The molecule has 3 aromatic heterocycles. The van der Waals surface area contributed by atoms with Crippen LogP contribution in [0.5, 0.6) is 5.75 Å². The van der Waals surface area contributed by atoms with Gasteiger partial charge in [-0.1, -0.05) is 204 Å². The second-order valence-electron chi connectivity index (χ2n) is 28.5. The first-order valence-electron chi connectivity index (χ1n) is 37.1. The van der Waals surface area contributed by atoms with Gasteiger partial charge in [0.2, 0.25) is 0 Å². The summed E-state index contributed by atoms with van der Waals surface area (Å²) in [6.45, 7) is 26.6. The number of hydrogen-bond donors (Lipinski definition) is 3. The second-order valence-corrected chi connectivity index (χ2v) is 28.5. The van der Waals surface area contributed by atoms with Gasteiger partial charge in [0.25, 0.3) is 17.7 Å². The fourth-order valence-electron chi connectivity index (χ4n) is 14.1. The molecule has 0 saturated heterocycles. The quantitative estimate of drug-likeness (QED) is 0.0423. The van der Waals surface area contributed by atoms with Crippen molar-refractivity contribution in [3.8, 4) is 5.75 Å². The zero-order valence-corrected chi connectivity index (χ0v) is 63.2. The number of para-hydroxylation sites is 5. The summed E-state index contributed by atoms with van der Waals surface area (Å²) in [5, 5.41) is 0. The number of ether oxygens (including phenoxy) is 1. The van der Waals surface area contributed by atoms with Crippen LogP contribution in [0.4, 0.5) is 0 Å². The van der Waals surface area contributed by atoms with E-state index in [1.807, 2.05) is 168 Å². The molecule has 3 atom stereocenters. The van der Waals surface area contributed by atoms with E-state index < -0.39 is 0 Å². The summed E-state index contributed by atoms with van der Waals surface area (Å²) in [5.41, 5.74) is 34.0. The largest absolute Gasteiger partial charge is 0.496 e. The van der Waals surface area contributed by atoms with E-state index in [4.69, 9.17) is 36.9 Å². The Morgan fingerprint density at radius 1 is 0.381 bits per heavy atom. The minimum atomic E-state index is -0.241. The fourth-order valence-corrected chi connectivity index (χ4v) is 14.1. The van der Waals surface area contributed by atoms with Crippen LogP contribution in [0.15, 0.2) is 224 Å². The molecule has 105 heavy (non-hydrogen) atoms. The van der Waals surface area contributed by atoms with Gasteiger partial charge in [-0.3, -0.25) is 14.4 Å².